The van der Waals surface area contributed by atoms with E-state index in [0.717, 1.165) is 31.5 Å². The molecular weight excluding hydrogens is 240 g/mol. The fourth-order valence-electron chi connectivity index (χ4n) is 2.20. The van der Waals surface area contributed by atoms with E-state index in [2.05, 4.69) is 5.32 Å². The minimum atomic E-state index is -0.0470. The first-order chi connectivity index (χ1) is 9.16. The number of Topliss-reactive ketones (excluding diaryl/α,β-unsaturated/α-hetero) is 1. The van der Waals surface area contributed by atoms with Gasteiger partial charge in [-0.1, -0.05) is 29.8 Å². The Morgan fingerprint density at radius 2 is 1.79 bits per heavy atom. The predicted molar refractivity (Wildman–Crippen MR) is 74.3 cm³/mol. The summed E-state index contributed by atoms with van der Waals surface area (Å²) in [7, 11) is 0. The van der Waals surface area contributed by atoms with Crippen molar-refractivity contribution in [3.63, 3.8) is 0 Å². The Labute approximate surface area is 113 Å². The molecule has 4 heteroatoms. The fraction of sp³-hybridized carbons (Fsp3) is 0.467. The van der Waals surface area contributed by atoms with E-state index in [0.29, 0.717) is 18.5 Å². The first kappa shape index (κ1) is 13.6. The minimum absolute atomic E-state index is 0.0470. The molecule has 0 aromatic heterocycles. The molecule has 2 rings (SSSR count). The number of rotatable bonds is 4. The smallest absolute Gasteiger partial charge is 0.317 e. The topological polar surface area (TPSA) is 49.4 Å². The average Bonchev–Trinajstić information content (AvgIpc) is 2.93. The Bertz CT molecular complexity index is 448. The number of carbonyl (C=O) groups is 2. The van der Waals surface area contributed by atoms with Crippen LogP contribution in [-0.2, 0) is 0 Å². The number of urea groups is 1. The van der Waals surface area contributed by atoms with Gasteiger partial charge in [-0.25, -0.2) is 4.79 Å². The van der Waals surface area contributed by atoms with E-state index in [1.54, 1.807) is 4.90 Å². The molecule has 4 nitrogen and oxygen atoms in total. The molecule has 0 aliphatic carbocycles. The maximum absolute atomic E-state index is 11.9. The molecular formula is C15H20N2O2. The van der Waals surface area contributed by atoms with Gasteiger partial charge < -0.3 is 10.2 Å². The van der Waals surface area contributed by atoms with Crippen LogP contribution in [0.15, 0.2) is 24.3 Å². The van der Waals surface area contributed by atoms with Gasteiger partial charge in [-0.3, -0.25) is 4.79 Å². The van der Waals surface area contributed by atoms with E-state index in [4.69, 9.17) is 0 Å². The van der Waals surface area contributed by atoms with Crippen LogP contribution in [0.5, 0.6) is 0 Å². The largest absolute Gasteiger partial charge is 0.338 e. The summed E-state index contributed by atoms with van der Waals surface area (Å²) >= 11 is 0. The van der Waals surface area contributed by atoms with E-state index in [9.17, 15) is 9.59 Å². The molecule has 0 atom stereocenters. The van der Waals surface area contributed by atoms with Gasteiger partial charge in [0.25, 0.3) is 0 Å². The third-order valence-corrected chi connectivity index (χ3v) is 3.40. The Kier molecular flexibility index (Phi) is 4.55. The molecule has 1 N–H and O–H groups in total. The highest BCUT2D eigenvalue weighted by molar-refractivity contribution is 5.96. The van der Waals surface area contributed by atoms with Gasteiger partial charge in [0.05, 0.1) is 0 Å². The highest BCUT2D eigenvalue weighted by atomic mass is 16.2. The third kappa shape index (κ3) is 3.81. The van der Waals surface area contributed by atoms with E-state index in [1.807, 2.05) is 31.2 Å². The van der Waals surface area contributed by atoms with Gasteiger partial charge in [0.2, 0.25) is 0 Å². The van der Waals surface area contributed by atoms with E-state index >= 15 is 0 Å². The molecule has 1 aromatic rings. The van der Waals surface area contributed by atoms with E-state index < -0.39 is 0 Å². The van der Waals surface area contributed by atoms with Crippen LogP contribution in [0.2, 0.25) is 0 Å². The number of hydrogen-bond donors (Lipinski definition) is 1. The molecule has 0 saturated carbocycles. The molecule has 0 spiro atoms. The zero-order valence-corrected chi connectivity index (χ0v) is 11.3. The second-order valence-electron chi connectivity index (χ2n) is 4.97. The number of benzene rings is 1. The molecule has 0 radical (unpaired) electrons. The first-order valence-electron chi connectivity index (χ1n) is 6.79. The van der Waals surface area contributed by atoms with Crippen LogP contribution in [0, 0.1) is 6.92 Å². The van der Waals surface area contributed by atoms with Crippen LogP contribution in [0.3, 0.4) is 0 Å². The number of amides is 2. The van der Waals surface area contributed by atoms with E-state index in [-0.39, 0.29) is 11.8 Å². The Morgan fingerprint density at radius 1 is 1.16 bits per heavy atom. The molecule has 19 heavy (non-hydrogen) atoms. The molecule has 1 aromatic carbocycles. The van der Waals surface area contributed by atoms with Crippen molar-refractivity contribution in [1.82, 2.24) is 10.2 Å². The second-order valence-corrected chi connectivity index (χ2v) is 4.97. The lowest BCUT2D eigenvalue weighted by Gasteiger charge is -2.15. The summed E-state index contributed by atoms with van der Waals surface area (Å²) in [4.78, 5) is 25.4. The lowest BCUT2D eigenvalue weighted by atomic mass is 10.1. The number of hydrogen-bond acceptors (Lipinski definition) is 2. The molecule has 0 bridgehead atoms. The van der Waals surface area contributed by atoms with Crippen LogP contribution in [0.1, 0.15) is 35.2 Å². The number of likely N-dealkylation sites (tertiary alicyclic amines) is 1. The summed E-state index contributed by atoms with van der Waals surface area (Å²) in [5, 5.41) is 2.80. The molecule has 102 valence electrons. The third-order valence-electron chi connectivity index (χ3n) is 3.40. The van der Waals surface area contributed by atoms with Crippen molar-refractivity contribution in [2.75, 3.05) is 19.6 Å². The van der Waals surface area contributed by atoms with Crippen molar-refractivity contribution >= 4 is 11.8 Å². The lowest BCUT2D eigenvalue weighted by molar-refractivity contribution is 0.0983. The van der Waals surface area contributed by atoms with Gasteiger partial charge in [0.1, 0.15) is 0 Å². The zero-order valence-electron chi connectivity index (χ0n) is 11.3. The zero-order chi connectivity index (χ0) is 13.7. The summed E-state index contributed by atoms with van der Waals surface area (Å²) in [6.45, 7) is 4.06. The van der Waals surface area contributed by atoms with Crippen LogP contribution >= 0.6 is 0 Å². The van der Waals surface area contributed by atoms with Gasteiger partial charge in [-0.2, -0.15) is 0 Å². The summed E-state index contributed by atoms with van der Waals surface area (Å²) in [5.74, 6) is 0.0710. The Balaban J connectivity index is 1.74. The maximum atomic E-state index is 11.9. The van der Waals surface area contributed by atoms with Crippen LogP contribution in [0.25, 0.3) is 0 Å². The SMILES string of the molecule is Cc1ccc(C(=O)CCNC(=O)N2CCCC2)cc1. The fourth-order valence-corrected chi connectivity index (χ4v) is 2.20. The van der Waals surface area contributed by atoms with Crippen LogP contribution in [0.4, 0.5) is 4.79 Å². The monoisotopic (exact) mass is 260 g/mol. The highest BCUT2D eigenvalue weighted by Gasteiger charge is 2.17. The Morgan fingerprint density at radius 3 is 2.42 bits per heavy atom. The second kappa shape index (κ2) is 6.36. The van der Waals surface area contributed by atoms with Crippen molar-refractivity contribution in [2.45, 2.75) is 26.2 Å². The summed E-state index contributed by atoms with van der Waals surface area (Å²) < 4.78 is 0. The standard InChI is InChI=1S/C15H20N2O2/c1-12-4-6-13(7-5-12)14(18)8-9-16-15(19)17-10-2-3-11-17/h4-7H,2-3,8-11H2,1H3,(H,16,19). The number of nitrogens with one attached hydrogen (secondary N) is 1. The minimum Gasteiger partial charge on any atom is -0.338 e. The van der Waals surface area contributed by atoms with Gasteiger partial charge in [-0.15, -0.1) is 0 Å². The van der Waals surface area contributed by atoms with Gasteiger partial charge in [-0.05, 0) is 19.8 Å². The molecule has 1 aliphatic rings. The van der Waals surface area contributed by atoms with E-state index in [1.165, 1.54) is 0 Å². The normalized spacial score (nSPS) is 14.5. The number of nitrogens with zero attached hydrogens (tertiary/aromatic N) is 1. The highest BCUT2D eigenvalue weighted by Crippen LogP contribution is 2.08. The summed E-state index contributed by atoms with van der Waals surface area (Å²) in [6.07, 6.45) is 2.51. The van der Waals surface area contributed by atoms with Crippen molar-refractivity contribution in [3.05, 3.63) is 35.4 Å². The number of carbonyl (C=O) groups excluding carboxylic acids is 2. The first-order valence-corrected chi connectivity index (χ1v) is 6.79. The lowest BCUT2D eigenvalue weighted by Crippen LogP contribution is -2.38. The quantitative estimate of drug-likeness (QED) is 0.845. The van der Waals surface area contributed by atoms with Crippen LogP contribution < -0.4 is 5.32 Å². The molecule has 0 unspecified atom stereocenters. The van der Waals surface area contributed by atoms with Crippen molar-refractivity contribution < 1.29 is 9.59 Å². The summed E-state index contributed by atoms with van der Waals surface area (Å²) in [6, 6.07) is 7.47. The molecule has 2 amide bonds. The predicted octanol–water partition coefficient (Wildman–Crippen LogP) is 2.37. The Hall–Kier alpha value is -1.84. The van der Waals surface area contributed by atoms with Crippen molar-refractivity contribution in [3.8, 4) is 0 Å². The van der Waals surface area contributed by atoms with Crippen molar-refractivity contribution in [2.24, 2.45) is 0 Å². The van der Waals surface area contributed by atoms with Gasteiger partial charge in [0.15, 0.2) is 5.78 Å². The molecule has 1 aliphatic heterocycles. The molecule has 1 saturated heterocycles. The van der Waals surface area contributed by atoms with Gasteiger partial charge in [0, 0.05) is 31.6 Å². The van der Waals surface area contributed by atoms with Crippen molar-refractivity contribution in [1.29, 1.82) is 0 Å². The number of aryl methyl sites for hydroxylation is 1. The summed E-state index contributed by atoms with van der Waals surface area (Å²) in [5.41, 5.74) is 1.85. The average molecular weight is 260 g/mol. The molecule has 1 heterocycles. The van der Waals surface area contributed by atoms with Crippen LogP contribution in [-0.4, -0.2) is 36.3 Å². The van der Waals surface area contributed by atoms with Gasteiger partial charge >= 0.3 is 6.03 Å². The maximum Gasteiger partial charge on any atom is 0.317 e. The number of ketones is 1. The molecule has 1 fully saturated rings.